The van der Waals surface area contributed by atoms with Gasteiger partial charge in [-0.3, -0.25) is 0 Å². The second-order valence-electron chi connectivity index (χ2n) is 5.79. The Morgan fingerprint density at radius 1 is 1.15 bits per heavy atom. The van der Waals surface area contributed by atoms with Crippen LogP contribution >= 0.6 is 0 Å². The molecule has 4 heteroatoms. The highest BCUT2D eigenvalue weighted by Crippen LogP contribution is 2.29. The number of hydrogen-bond donors (Lipinski definition) is 1. The summed E-state index contributed by atoms with van der Waals surface area (Å²) in [6.07, 6.45) is 4.87. The van der Waals surface area contributed by atoms with Crippen LogP contribution in [0.5, 0.6) is 0 Å². The van der Waals surface area contributed by atoms with Gasteiger partial charge in [0.2, 0.25) is 0 Å². The van der Waals surface area contributed by atoms with Gasteiger partial charge in [-0.25, -0.2) is 4.79 Å². The number of nitrogens with zero attached hydrogens (tertiary/aromatic N) is 2. The van der Waals surface area contributed by atoms with Crippen molar-refractivity contribution in [2.24, 2.45) is 0 Å². The molecule has 2 aliphatic rings. The van der Waals surface area contributed by atoms with Crippen LogP contribution in [0.1, 0.15) is 35.2 Å². The van der Waals surface area contributed by atoms with Crippen molar-refractivity contribution in [3.8, 4) is 0 Å². The normalized spacial score (nSPS) is 18.5. The van der Waals surface area contributed by atoms with Crippen LogP contribution in [-0.4, -0.2) is 48.7 Å². The number of rotatable bonds is 5. The van der Waals surface area contributed by atoms with Gasteiger partial charge in [-0.1, -0.05) is 0 Å². The van der Waals surface area contributed by atoms with E-state index in [2.05, 4.69) is 9.80 Å². The Morgan fingerprint density at radius 3 is 2.70 bits per heavy atom. The fraction of sp³-hybridized carbons (Fsp3) is 0.562. The van der Waals surface area contributed by atoms with Crippen LogP contribution in [0.2, 0.25) is 0 Å². The summed E-state index contributed by atoms with van der Waals surface area (Å²) in [7, 11) is 0. The van der Waals surface area contributed by atoms with Crippen LogP contribution in [0, 0.1) is 0 Å². The van der Waals surface area contributed by atoms with Gasteiger partial charge in [0, 0.05) is 18.8 Å². The monoisotopic (exact) mass is 274 g/mol. The summed E-state index contributed by atoms with van der Waals surface area (Å²) in [6.45, 7) is 5.82. The minimum atomic E-state index is -0.833. The van der Waals surface area contributed by atoms with E-state index in [4.69, 9.17) is 5.11 Å². The third kappa shape index (κ3) is 2.80. The average Bonchev–Trinajstić information content (AvgIpc) is 3.08. The fourth-order valence-corrected chi connectivity index (χ4v) is 3.33. The molecule has 2 heterocycles. The highest BCUT2D eigenvalue weighted by Gasteiger charge is 2.20. The Morgan fingerprint density at radius 2 is 1.95 bits per heavy atom. The molecular weight excluding hydrogens is 252 g/mol. The molecule has 4 nitrogen and oxygen atoms in total. The number of benzene rings is 1. The Labute approximate surface area is 120 Å². The van der Waals surface area contributed by atoms with Crippen molar-refractivity contribution in [1.82, 2.24) is 4.90 Å². The summed E-state index contributed by atoms with van der Waals surface area (Å²) in [4.78, 5) is 15.9. The second-order valence-corrected chi connectivity index (χ2v) is 5.79. The molecule has 108 valence electrons. The molecule has 0 bridgehead atoms. The molecule has 0 saturated carbocycles. The average molecular weight is 274 g/mol. The highest BCUT2D eigenvalue weighted by molar-refractivity contribution is 5.88. The van der Waals surface area contributed by atoms with Gasteiger partial charge in [0.25, 0.3) is 0 Å². The lowest BCUT2D eigenvalue weighted by atomic mass is 10.1. The van der Waals surface area contributed by atoms with E-state index in [1.54, 1.807) is 6.07 Å². The summed E-state index contributed by atoms with van der Waals surface area (Å²) < 4.78 is 0. The molecule has 0 unspecified atom stereocenters. The first-order chi connectivity index (χ1) is 9.74. The quantitative estimate of drug-likeness (QED) is 0.894. The Bertz CT molecular complexity index is 495. The number of carboxylic acids is 1. The van der Waals surface area contributed by atoms with Gasteiger partial charge in [-0.05, 0) is 69.1 Å². The van der Waals surface area contributed by atoms with Crippen molar-refractivity contribution < 1.29 is 9.90 Å². The lowest BCUT2D eigenvalue weighted by Crippen LogP contribution is -2.27. The first-order valence-corrected chi connectivity index (χ1v) is 7.57. The maximum absolute atomic E-state index is 11.0. The molecule has 1 saturated heterocycles. The summed E-state index contributed by atoms with van der Waals surface area (Å²) >= 11 is 0. The van der Waals surface area contributed by atoms with Crippen molar-refractivity contribution in [2.75, 3.05) is 37.6 Å². The zero-order chi connectivity index (χ0) is 13.9. The molecule has 0 radical (unpaired) electrons. The van der Waals surface area contributed by atoms with E-state index < -0.39 is 5.97 Å². The molecule has 0 spiro atoms. The lowest BCUT2D eigenvalue weighted by molar-refractivity contribution is 0.0697. The van der Waals surface area contributed by atoms with E-state index in [9.17, 15) is 4.79 Å². The maximum atomic E-state index is 11.0. The number of likely N-dealkylation sites (tertiary alicyclic amines) is 1. The molecule has 1 aromatic rings. The standard InChI is InChI=1S/C16H22N2O2/c19-16(20)14-4-5-15-13(12-14)6-11-18(15)10-3-9-17-7-1-2-8-17/h4-5,12H,1-3,6-11H2,(H,19,20). The van der Waals surface area contributed by atoms with Crippen LogP contribution in [0.4, 0.5) is 5.69 Å². The molecule has 20 heavy (non-hydrogen) atoms. The van der Waals surface area contributed by atoms with Crippen molar-refractivity contribution >= 4 is 11.7 Å². The van der Waals surface area contributed by atoms with Gasteiger partial charge in [0.1, 0.15) is 0 Å². The predicted octanol–water partition coefficient (Wildman–Crippen LogP) is 2.23. The van der Waals surface area contributed by atoms with E-state index in [1.807, 2.05) is 12.1 Å². The first-order valence-electron chi connectivity index (χ1n) is 7.57. The molecule has 1 fully saturated rings. The number of hydrogen-bond acceptors (Lipinski definition) is 3. The molecule has 0 aliphatic carbocycles. The van der Waals surface area contributed by atoms with Crippen molar-refractivity contribution in [3.63, 3.8) is 0 Å². The first kappa shape index (κ1) is 13.4. The van der Waals surface area contributed by atoms with Crippen LogP contribution in [0.25, 0.3) is 0 Å². The minimum Gasteiger partial charge on any atom is -0.478 e. The van der Waals surface area contributed by atoms with Gasteiger partial charge < -0.3 is 14.9 Å². The third-order valence-corrected chi connectivity index (χ3v) is 4.42. The molecule has 3 rings (SSSR count). The van der Waals surface area contributed by atoms with E-state index in [0.717, 1.165) is 19.5 Å². The zero-order valence-corrected chi connectivity index (χ0v) is 11.8. The van der Waals surface area contributed by atoms with E-state index in [0.29, 0.717) is 5.56 Å². The molecule has 2 aliphatic heterocycles. The molecular formula is C16H22N2O2. The van der Waals surface area contributed by atoms with E-state index >= 15 is 0 Å². The van der Waals surface area contributed by atoms with Crippen molar-refractivity contribution in [3.05, 3.63) is 29.3 Å². The molecule has 0 amide bonds. The fourth-order valence-electron chi connectivity index (χ4n) is 3.33. The molecule has 0 atom stereocenters. The Kier molecular flexibility index (Phi) is 3.92. The van der Waals surface area contributed by atoms with Crippen molar-refractivity contribution in [2.45, 2.75) is 25.7 Å². The zero-order valence-electron chi connectivity index (χ0n) is 11.8. The summed E-state index contributed by atoms with van der Waals surface area (Å²) in [5.41, 5.74) is 2.82. The maximum Gasteiger partial charge on any atom is 0.335 e. The number of fused-ring (bicyclic) bond motifs is 1. The number of aromatic carboxylic acids is 1. The number of carbonyl (C=O) groups is 1. The van der Waals surface area contributed by atoms with Crippen molar-refractivity contribution in [1.29, 1.82) is 0 Å². The van der Waals surface area contributed by atoms with Crippen LogP contribution in [-0.2, 0) is 6.42 Å². The summed E-state index contributed by atoms with van der Waals surface area (Å²) in [6, 6.07) is 5.53. The predicted molar refractivity (Wildman–Crippen MR) is 79.6 cm³/mol. The minimum absolute atomic E-state index is 0.405. The van der Waals surface area contributed by atoms with Crippen LogP contribution < -0.4 is 4.90 Å². The Hall–Kier alpha value is -1.55. The van der Waals surface area contributed by atoms with Crippen LogP contribution in [0.15, 0.2) is 18.2 Å². The smallest absolute Gasteiger partial charge is 0.335 e. The van der Waals surface area contributed by atoms with E-state index in [1.165, 1.54) is 50.1 Å². The topological polar surface area (TPSA) is 43.8 Å². The number of carboxylic acid groups (broad SMARTS) is 1. The molecule has 1 N–H and O–H groups in total. The molecule has 1 aromatic carbocycles. The summed E-state index contributed by atoms with van der Waals surface area (Å²) in [5.74, 6) is -0.833. The van der Waals surface area contributed by atoms with Gasteiger partial charge in [0.15, 0.2) is 0 Å². The Balaban J connectivity index is 1.57. The van der Waals surface area contributed by atoms with Crippen LogP contribution in [0.3, 0.4) is 0 Å². The number of anilines is 1. The van der Waals surface area contributed by atoms with E-state index in [-0.39, 0.29) is 0 Å². The van der Waals surface area contributed by atoms with Gasteiger partial charge in [-0.15, -0.1) is 0 Å². The van der Waals surface area contributed by atoms with Gasteiger partial charge in [0.05, 0.1) is 5.56 Å². The molecule has 0 aromatic heterocycles. The third-order valence-electron chi connectivity index (χ3n) is 4.42. The SMILES string of the molecule is O=C(O)c1ccc2c(c1)CCN2CCCN1CCCC1. The van der Waals surface area contributed by atoms with Gasteiger partial charge in [-0.2, -0.15) is 0 Å². The largest absolute Gasteiger partial charge is 0.478 e. The summed E-state index contributed by atoms with van der Waals surface area (Å²) in [5, 5.41) is 9.03. The highest BCUT2D eigenvalue weighted by atomic mass is 16.4. The lowest BCUT2D eigenvalue weighted by Gasteiger charge is -2.21. The second kappa shape index (κ2) is 5.83. The van der Waals surface area contributed by atoms with Gasteiger partial charge >= 0.3 is 5.97 Å².